The van der Waals surface area contributed by atoms with E-state index in [-0.39, 0.29) is 29.2 Å². The lowest BCUT2D eigenvalue weighted by Crippen LogP contribution is -2.31. The van der Waals surface area contributed by atoms with Crippen molar-refractivity contribution in [1.29, 1.82) is 0 Å². The Balaban J connectivity index is 1.95. The van der Waals surface area contributed by atoms with E-state index in [2.05, 4.69) is 6.92 Å². The normalized spacial score (nSPS) is 28.6. The molecule has 0 aromatic heterocycles. The van der Waals surface area contributed by atoms with Crippen LogP contribution in [0.25, 0.3) is 0 Å². The second kappa shape index (κ2) is 4.98. The van der Waals surface area contributed by atoms with Crippen molar-refractivity contribution in [2.45, 2.75) is 26.2 Å². The van der Waals surface area contributed by atoms with E-state index < -0.39 is 5.97 Å². The molecule has 2 aliphatic rings. The van der Waals surface area contributed by atoms with Gasteiger partial charge in [0.25, 0.3) is 0 Å². The number of hydrogen-bond acceptors (Lipinski definition) is 4. The summed E-state index contributed by atoms with van der Waals surface area (Å²) in [6.45, 7) is 2.09. The van der Waals surface area contributed by atoms with Crippen molar-refractivity contribution < 1.29 is 19.5 Å². The van der Waals surface area contributed by atoms with Crippen LogP contribution in [0.4, 0.5) is 5.69 Å². The molecule has 1 aromatic carbocycles. The second-order valence-corrected chi connectivity index (χ2v) is 5.98. The molecule has 5 nitrogen and oxygen atoms in total. The number of benzene rings is 1. The minimum Gasteiger partial charge on any atom is -0.545 e. The van der Waals surface area contributed by atoms with Gasteiger partial charge in [0.05, 0.1) is 23.5 Å². The Bertz CT molecular complexity index is 624. The number of amides is 2. The number of carbonyl (C=O) groups is 3. The van der Waals surface area contributed by atoms with Gasteiger partial charge >= 0.3 is 0 Å². The molecule has 0 radical (unpaired) electrons. The Morgan fingerprint density at radius 3 is 2.62 bits per heavy atom. The van der Waals surface area contributed by atoms with Gasteiger partial charge in [0.2, 0.25) is 11.8 Å². The third-order valence-electron chi connectivity index (χ3n) is 4.53. The lowest BCUT2D eigenvalue weighted by atomic mass is 9.76. The summed E-state index contributed by atoms with van der Waals surface area (Å²) in [6.07, 6.45) is 2.41. The molecule has 1 saturated carbocycles. The number of anilines is 1. The van der Waals surface area contributed by atoms with Crippen LogP contribution >= 0.6 is 0 Å². The van der Waals surface area contributed by atoms with Crippen LogP contribution in [0.1, 0.15) is 36.5 Å². The third-order valence-corrected chi connectivity index (χ3v) is 4.53. The van der Waals surface area contributed by atoms with E-state index in [9.17, 15) is 19.5 Å². The van der Waals surface area contributed by atoms with E-state index in [1.165, 1.54) is 18.2 Å². The smallest absolute Gasteiger partial charge is 0.237 e. The van der Waals surface area contributed by atoms with E-state index in [1.54, 1.807) is 6.07 Å². The number of carboxylic acid groups (broad SMARTS) is 1. The molecule has 0 bridgehead atoms. The molecule has 2 amide bonds. The Morgan fingerprint density at radius 2 is 1.90 bits per heavy atom. The molecule has 3 atom stereocenters. The van der Waals surface area contributed by atoms with Crippen LogP contribution in [-0.2, 0) is 9.59 Å². The largest absolute Gasteiger partial charge is 0.545 e. The summed E-state index contributed by atoms with van der Waals surface area (Å²) < 4.78 is 0. The Hall–Kier alpha value is -2.17. The first-order valence-corrected chi connectivity index (χ1v) is 7.18. The predicted molar refractivity (Wildman–Crippen MR) is 73.3 cm³/mol. The van der Waals surface area contributed by atoms with E-state index in [0.29, 0.717) is 11.6 Å². The highest BCUT2D eigenvalue weighted by atomic mass is 16.4. The fourth-order valence-corrected chi connectivity index (χ4v) is 3.42. The topological polar surface area (TPSA) is 77.5 Å². The molecule has 1 aliphatic carbocycles. The summed E-state index contributed by atoms with van der Waals surface area (Å²) in [6, 6.07) is 5.82. The number of carboxylic acids is 1. The maximum absolute atomic E-state index is 12.5. The van der Waals surface area contributed by atoms with Crippen molar-refractivity contribution in [3.63, 3.8) is 0 Å². The van der Waals surface area contributed by atoms with Crippen LogP contribution in [0.15, 0.2) is 24.3 Å². The van der Waals surface area contributed by atoms with E-state index in [4.69, 9.17) is 0 Å². The molecular formula is C16H16NO4-. The van der Waals surface area contributed by atoms with Crippen molar-refractivity contribution in [3.05, 3.63) is 29.8 Å². The molecule has 21 heavy (non-hydrogen) atoms. The number of imide groups is 1. The summed E-state index contributed by atoms with van der Waals surface area (Å²) in [5.74, 6) is -1.79. The van der Waals surface area contributed by atoms with Gasteiger partial charge in [-0.1, -0.05) is 19.1 Å². The van der Waals surface area contributed by atoms with Crippen molar-refractivity contribution >= 4 is 23.5 Å². The van der Waals surface area contributed by atoms with Gasteiger partial charge in [-0.15, -0.1) is 0 Å². The van der Waals surface area contributed by atoms with Crippen molar-refractivity contribution in [2.24, 2.45) is 17.8 Å². The van der Waals surface area contributed by atoms with E-state index >= 15 is 0 Å². The summed E-state index contributed by atoms with van der Waals surface area (Å²) in [5, 5.41) is 10.9. The minimum absolute atomic E-state index is 0.0312. The van der Waals surface area contributed by atoms with Crippen molar-refractivity contribution in [3.8, 4) is 0 Å². The van der Waals surface area contributed by atoms with Gasteiger partial charge in [-0.3, -0.25) is 14.5 Å². The van der Waals surface area contributed by atoms with Crippen LogP contribution in [0.5, 0.6) is 0 Å². The highest BCUT2D eigenvalue weighted by molar-refractivity contribution is 6.22. The van der Waals surface area contributed by atoms with Crippen LogP contribution in [0.3, 0.4) is 0 Å². The van der Waals surface area contributed by atoms with Crippen LogP contribution in [0, 0.1) is 17.8 Å². The zero-order valence-corrected chi connectivity index (χ0v) is 11.7. The van der Waals surface area contributed by atoms with E-state index in [0.717, 1.165) is 24.2 Å². The van der Waals surface area contributed by atoms with Gasteiger partial charge in [0.1, 0.15) is 0 Å². The molecule has 0 spiro atoms. The molecule has 1 heterocycles. The first-order chi connectivity index (χ1) is 9.99. The SMILES string of the molecule is C[C@H]1CC[C@H]2C(=O)N(c3cccc(C(=O)[O-])c3)C(=O)[C@@H]2C1. The number of nitrogens with zero attached hydrogens (tertiary/aromatic N) is 1. The first-order valence-electron chi connectivity index (χ1n) is 7.18. The summed E-state index contributed by atoms with van der Waals surface area (Å²) in [5.41, 5.74) is 0.296. The lowest BCUT2D eigenvalue weighted by molar-refractivity contribution is -0.255. The Kier molecular flexibility index (Phi) is 3.27. The molecule has 0 unspecified atom stereocenters. The lowest BCUT2D eigenvalue weighted by Gasteiger charge is -2.25. The zero-order valence-electron chi connectivity index (χ0n) is 11.7. The van der Waals surface area contributed by atoms with Gasteiger partial charge in [-0.25, -0.2) is 0 Å². The molecule has 1 saturated heterocycles. The number of aromatic carboxylic acids is 1. The quantitative estimate of drug-likeness (QED) is 0.759. The first kappa shape index (κ1) is 13.8. The molecule has 110 valence electrons. The van der Waals surface area contributed by atoms with Gasteiger partial charge in [0, 0.05) is 0 Å². The molecular weight excluding hydrogens is 270 g/mol. The molecule has 0 N–H and O–H groups in total. The summed E-state index contributed by atoms with van der Waals surface area (Å²) in [7, 11) is 0. The Labute approximate surface area is 122 Å². The molecule has 1 aliphatic heterocycles. The highest BCUT2D eigenvalue weighted by Crippen LogP contribution is 2.42. The number of rotatable bonds is 2. The number of hydrogen-bond donors (Lipinski definition) is 0. The van der Waals surface area contributed by atoms with Crippen molar-refractivity contribution in [1.82, 2.24) is 0 Å². The van der Waals surface area contributed by atoms with Gasteiger partial charge in [-0.05, 0) is 42.9 Å². The summed E-state index contributed by atoms with van der Waals surface area (Å²) in [4.78, 5) is 37.1. The van der Waals surface area contributed by atoms with E-state index in [1.807, 2.05) is 0 Å². The van der Waals surface area contributed by atoms with Crippen LogP contribution < -0.4 is 10.0 Å². The van der Waals surface area contributed by atoms with Crippen LogP contribution in [0.2, 0.25) is 0 Å². The molecule has 2 fully saturated rings. The van der Waals surface area contributed by atoms with Crippen molar-refractivity contribution in [2.75, 3.05) is 4.90 Å². The maximum Gasteiger partial charge on any atom is 0.237 e. The maximum atomic E-state index is 12.5. The fourth-order valence-electron chi connectivity index (χ4n) is 3.42. The monoisotopic (exact) mass is 286 g/mol. The molecule has 3 rings (SSSR count). The zero-order chi connectivity index (χ0) is 15.1. The fraction of sp³-hybridized carbons (Fsp3) is 0.438. The average Bonchev–Trinajstić information content (AvgIpc) is 2.70. The second-order valence-electron chi connectivity index (χ2n) is 5.98. The third kappa shape index (κ3) is 2.22. The predicted octanol–water partition coefficient (Wildman–Crippen LogP) is 0.976. The minimum atomic E-state index is -1.32. The van der Waals surface area contributed by atoms with Crippen LogP contribution in [-0.4, -0.2) is 17.8 Å². The standard InChI is InChI=1S/C16H17NO4/c1-9-5-6-12-13(7-9)15(19)17(14(12)18)11-4-2-3-10(8-11)16(20)21/h2-4,8-9,12-13H,5-7H2,1H3,(H,20,21)/p-1/t9-,12+,13+/m0/s1. The number of carbonyl (C=O) groups excluding carboxylic acids is 3. The summed E-state index contributed by atoms with van der Waals surface area (Å²) >= 11 is 0. The molecule has 1 aromatic rings. The van der Waals surface area contributed by atoms with Gasteiger partial charge in [0.15, 0.2) is 0 Å². The average molecular weight is 286 g/mol. The Morgan fingerprint density at radius 1 is 1.19 bits per heavy atom. The van der Waals surface area contributed by atoms with Gasteiger partial charge < -0.3 is 9.90 Å². The number of fused-ring (bicyclic) bond motifs is 1. The van der Waals surface area contributed by atoms with Gasteiger partial charge in [-0.2, -0.15) is 0 Å². The molecule has 5 heteroatoms. The highest BCUT2D eigenvalue weighted by Gasteiger charge is 2.49.